The zero-order valence-electron chi connectivity index (χ0n) is 12.8. The molecule has 6 nitrogen and oxygen atoms in total. The van der Waals surface area contributed by atoms with Gasteiger partial charge < -0.3 is 5.32 Å². The van der Waals surface area contributed by atoms with E-state index in [4.69, 9.17) is 0 Å². The minimum atomic E-state index is -0.182. The van der Waals surface area contributed by atoms with Crippen molar-refractivity contribution < 1.29 is 4.79 Å². The van der Waals surface area contributed by atoms with E-state index in [0.717, 1.165) is 25.7 Å². The molecule has 2 N–H and O–H groups in total. The normalized spacial score (nSPS) is 13.9. The maximum atomic E-state index is 11.9. The lowest BCUT2D eigenvalue weighted by Crippen LogP contribution is -2.26. The lowest BCUT2D eigenvalue weighted by molar-refractivity contribution is -0.118. The van der Waals surface area contributed by atoms with Gasteiger partial charge in [-0.15, -0.1) is 5.10 Å². The summed E-state index contributed by atoms with van der Waals surface area (Å²) in [4.78, 5) is 23.5. The lowest BCUT2D eigenvalue weighted by Gasteiger charge is -2.06. The standard InChI is InChI=1S/C16H20N4O2S/c21-14(17-10-4-7-12-5-2-1-3-6-12)11-23-16-19-18-15(22)20(16)13-8-9-13/h1-3,5-6,13H,4,7-11H2,(H,17,21)(H,18,22). The number of benzene rings is 1. The second-order valence-corrected chi connectivity index (χ2v) is 6.58. The summed E-state index contributed by atoms with van der Waals surface area (Å²) in [5, 5.41) is 9.97. The number of amides is 1. The van der Waals surface area contributed by atoms with Crippen LogP contribution in [0.15, 0.2) is 40.3 Å². The van der Waals surface area contributed by atoms with Crippen LogP contribution >= 0.6 is 11.8 Å². The Kier molecular flexibility index (Phi) is 5.17. The second-order valence-electron chi connectivity index (χ2n) is 5.64. The first-order valence-electron chi connectivity index (χ1n) is 7.84. The van der Waals surface area contributed by atoms with Gasteiger partial charge in [0.05, 0.1) is 5.75 Å². The van der Waals surface area contributed by atoms with Crippen LogP contribution in [0.3, 0.4) is 0 Å². The first kappa shape index (κ1) is 15.9. The van der Waals surface area contributed by atoms with Crippen LogP contribution in [0.4, 0.5) is 0 Å². The molecule has 122 valence electrons. The fourth-order valence-electron chi connectivity index (χ4n) is 2.39. The quantitative estimate of drug-likeness (QED) is 0.570. The van der Waals surface area contributed by atoms with Gasteiger partial charge in [0.25, 0.3) is 0 Å². The number of rotatable bonds is 8. The Morgan fingerprint density at radius 1 is 1.35 bits per heavy atom. The van der Waals surface area contributed by atoms with Crippen LogP contribution in [0, 0.1) is 0 Å². The summed E-state index contributed by atoms with van der Waals surface area (Å²) in [5.74, 6) is 0.253. The van der Waals surface area contributed by atoms with E-state index in [2.05, 4.69) is 27.6 Å². The molecule has 1 heterocycles. The van der Waals surface area contributed by atoms with E-state index in [-0.39, 0.29) is 23.4 Å². The van der Waals surface area contributed by atoms with Crippen molar-refractivity contribution in [2.75, 3.05) is 12.3 Å². The highest BCUT2D eigenvalue weighted by molar-refractivity contribution is 7.99. The molecule has 0 spiro atoms. The minimum Gasteiger partial charge on any atom is -0.355 e. The third-order valence-corrected chi connectivity index (χ3v) is 4.68. The molecule has 2 aromatic rings. The van der Waals surface area contributed by atoms with Gasteiger partial charge in [-0.1, -0.05) is 42.1 Å². The summed E-state index contributed by atoms with van der Waals surface area (Å²) in [7, 11) is 0. The molecule has 1 saturated carbocycles. The van der Waals surface area contributed by atoms with Gasteiger partial charge in [-0.05, 0) is 31.2 Å². The molecule has 0 atom stereocenters. The molecule has 1 aliphatic rings. The molecular weight excluding hydrogens is 312 g/mol. The molecule has 0 saturated heterocycles. The van der Waals surface area contributed by atoms with Crippen LogP contribution in [0.5, 0.6) is 0 Å². The van der Waals surface area contributed by atoms with E-state index in [1.54, 1.807) is 4.57 Å². The number of carbonyl (C=O) groups is 1. The number of aromatic amines is 1. The Morgan fingerprint density at radius 2 is 2.13 bits per heavy atom. The van der Waals surface area contributed by atoms with E-state index in [0.29, 0.717) is 11.7 Å². The van der Waals surface area contributed by atoms with Crippen molar-refractivity contribution in [3.05, 3.63) is 46.4 Å². The molecular formula is C16H20N4O2S. The molecule has 7 heteroatoms. The van der Waals surface area contributed by atoms with Gasteiger partial charge in [0.15, 0.2) is 5.16 Å². The molecule has 3 rings (SSSR count). The monoisotopic (exact) mass is 332 g/mol. The van der Waals surface area contributed by atoms with Crippen LogP contribution in [0.25, 0.3) is 0 Å². The summed E-state index contributed by atoms with van der Waals surface area (Å²) in [6.07, 6.45) is 3.89. The zero-order valence-corrected chi connectivity index (χ0v) is 13.6. The van der Waals surface area contributed by atoms with Gasteiger partial charge >= 0.3 is 5.69 Å². The SMILES string of the molecule is O=C(CSc1n[nH]c(=O)n1C1CC1)NCCCc1ccccc1. The van der Waals surface area contributed by atoms with Crippen molar-refractivity contribution in [3.8, 4) is 0 Å². The number of aryl methyl sites for hydroxylation is 1. The van der Waals surface area contributed by atoms with Crippen LogP contribution in [-0.2, 0) is 11.2 Å². The lowest BCUT2D eigenvalue weighted by atomic mass is 10.1. The fraction of sp³-hybridized carbons (Fsp3) is 0.438. The summed E-state index contributed by atoms with van der Waals surface area (Å²) < 4.78 is 1.66. The van der Waals surface area contributed by atoms with Gasteiger partial charge in [0, 0.05) is 12.6 Å². The fourth-order valence-corrected chi connectivity index (χ4v) is 3.24. The molecule has 0 radical (unpaired) electrons. The summed E-state index contributed by atoms with van der Waals surface area (Å²) in [6, 6.07) is 10.5. The predicted molar refractivity (Wildman–Crippen MR) is 89.6 cm³/mol. The molecule has 23 heavy (non-hydrogen) atoms. The Labute approximate surface area is 138 Å². The number of thioether (sulfide) groups is 1. The number of H-pyrrole nitrogens is 1. The van der Waals surface area contributed by atoms with Crippen molar-refractivity contribution in [2.24, 2.45) is 0 Å². The van der Waals surface area contributed by atoms with Gasteiger partial charge in [-0.25, -0.2) is 9.89 Å². The summed E-state index contributed by atoms with van der Waals surface area (Å²) in [5.41, 5.74) is 1.10. The topological polar surface area (TPSA) is 79.8 Å². The highest BCUT2D eigenvalue weighted by Crippen LogP contribution is 2.35. The smallest absolute Gasteiger partial charge is 0.344 e. The second kappa shape index (κ2) is 7.50. The maximum absolute atomic E-state index is 11.9. The largest absolute Gasteiger partial charge is 0.355 e. The van der Waals surface area contributed by atoms with Crippen molar-refractivity contribution in [1.82, 2.24) is 20.1 Å². The van der Waals surface area contributed by atoms with Crippen LogP contribution < -0.4 is 11.0 Å². The van der Waals surface area contributed by atoms with Crippen LogP contribution in [0.2, 0.25) is 0 Å². The summed E-state index contributed by atoms with van der Waals surface area (Å²) >= 11 is 1.31. The van der Waals surface area contributed by atoms with Crippen LogP contribution in [0.1, 0.15) is 30.9 Å². The molecule has 1 aromatic heterocycles. The van der Waals surface area contributed by atoms with Gasteiger partial charge in [0.2, 0.25) is 5.91 Å². The highest BCUT2D eigenvalue weighted by Gasteiger charge is 2.28. The number of hydrogen-bond donors (Lipinski definition) is 2. The third kappa shape index (κ3) is 4.48. The first-order valence-corrected chi connectivity index (χ1v) is 8.83. The zero-order chi connectivity index (χ0) is 16.1. The molecule has 1 amide bonds. The van der Waals surface area contributed by atoms with Crippen molar-refractivity contribution in [3.63, 3.8) is 0 Å². The molecule has 1 fully saturated rings. The number of nitrogens with zero attached hydrogens (tertiary/aromatic N) is 2. The van der Waals surface area contributed by atoms with Crippen molar-refractivity contribution in [1.29, 1.82) is 0 Å². The Morgan fingerprint density at radius 3 is 2.87 bits per heavy atom. The van der Waals surface area contributed by atoms with Crippen molar-refractivity contribution in [2.45, 2.75) is 36.9 Å². The van der Waals surface area contributed by atoms with Gasteiger partial charge in [-0.2, -0.15) is 0 Å². The molecule has 1 aromatic carbocycles. The van der Waals surface area contributed by atoms with E-state index < -0.39 is 0 Å². The first-order chi connectivity index (χ1) is 11.2. The number of aromatic nitrogens is 3. The van der Waals surface area contributed by atoms with Gasteiger partial charge in [-0.3, -0.25) is 9.36 Å². The minimum absolute atomic E-state index is 0.0270. The van der Waals surface area contributed by atoms with E-state index >= 15 is 0 Å². The average Bonchev–Trinajstić information content (AvgIpc) is 3.33. The maximum Gasteiger partial charge on any atom is 0.344 e. The number of hydrogen-bond acceptors (Lipinski definition) is 4. The third-order valence-electron chi connectivity index (χ3n) is 3.72. The number of carbonyl (C=O) groups excluding carboxylic acids is 1. The molecule has 1 aliphatic carbocycles. The summed E-state index contributed by atoms with van der Waals surface area (Å²) in [6.45, 7) is 0.657. The average molecular weight is 332 g/mol. The molecule has 0 aliphatic heterocycles. The molecule has 0 unspecified atom stereocenters. The highest BCUT2D eigenvalue weighted by atomic mass is 32.2. The van der Waals surface area contributed by atoms with Crippen LogP contribution in [-0.4, -0.2) is 33.0 Å². The van der Waals surface area contributed by atoms with E-state index in [9.17, 15) is 9.59 Å². The van der Waals surface area contributed by atoms with Crippen molar-refractivity contribution >= 4 is 17.7 Å². The molecule has 0 bridgehead atoms. The van der Waals surface area contributed by atoms with Gasteiger partial charge in [0.1, 0.15) is 0 Å². The Bertz CT molecular complexity index is 706. The number of nitrogens with one attached hydrogen (secondary N) is 2. The predicted octanol–water partition coefficient (Wildman–Crippen LogP) is 1.75. The van der Waals surface area contributed by atoms with E-state index in [1.807, 2.05) is 18.2 Å². The van der Waals surface area contributed by atoms with E-state index in [1.165, 1.54) is 17.3 Å². The Balaban J connectivity index is 1.38. The Hall–Kier alpha value is -2.02.